The summed E-state index contributed by atoms with van der Waals surface area (Å²) < 4.78 is 8.31. The molecular formula is C17H17ClN2O3S. The Hall–Kier alpha value is -1.79. The highest BCUT2D eigenvalue weighted by Gasteiger charge is 2.34. The number of aromatic nitrogens is 1. The first-order valence-corrected chi connectivity index (χ1v) is 9.15. The van der Waals surface area contributed by atoms with Crippen LogP contribution >= 0.6 is 22.9 Å². The quantitative estimate of drug-likeness (QED) is 0.837. The Morgan fingerprint density at radius 3 is 2.62 bits per heavy atom. The van der Waals surface area contributed by atoms with Crippen LogP contribution in [0.3, 0.4) is 0 Å². The topological polar surface area (TPSA) is 51.5 Å². The van der Waals surface area contributed by atoms with Gasteiger partial charge in [0.05, 0.1) is 22.3 Å². The molecule has 1 aliphatic heterocycles. The number of pyridine rings is 1. The molecule has 7 heteroatoms. The average molecular weight is 365 g/mol. The average Bonchev–Trinajstić information content (AvgIpc) is 3.21. The summed E-state index contributed by atoms with van der Waals surface area (Å²) in [6.45, 7) is 2.99. The van der Waals surface area contributed by atoms with Gasteiger partial charge in [-0.15, -0.1) is 11.3 Å². The molecule has 4 rings (SSSR count). The van der Waals surface area contributed by atoms with E-state index in [9.17, 15) is 9.59 Å². The SMILES string of the molecule is Cc1cc(OC2CN(C(=O)c3ccc(Cl)s3)C2)cc(=O)n1C1CC1. The third-order valence-corrected chi connectivity index (χ3v) is 5.59. The number of hydrogen-bond acceptors (Lipinski definition) is 4. The van der Waals surface area contributed by atoms with Gasteiger partial charge in [-0.25, -0.2) is 0 Å². The van der Waals surface area contributed by atoms with E-state index in [-0.39, 0.29) is 17.6 Å². The third kappa shape index (κ3) is 2.96. The molecule has 0 aromatic carbocycles. The molecule has 24 heavy (non-hydrogen) atoms. The second kappa shape index (κ2) is 5.93. The molecule has 2 aliphatic rings. The first-order valence-electron chi connectivity index (χ1n) is 7.96. The van der Waals surface area contributed by atoms with E-state index in [1.807, 2.05) is 17.6 Å². The predicted molar refractivity (Wildman–Crippen MR) is 93.4 cm³/mol. The maximum absolute atomic E-state index is 12.2. The van der Waals surface area contributed by atoms with Gasteiger partial charge in [-0.05, 0) is 38.0 Å². The highest BCUT2D eigenvalue weighted by atomic mass is 35.5. The van der Waals surface area contributed by atoms with Gasteiger partial charge >= 0.3 is 0 Å². The molecule has 1 saturated carbocycles. The largest absolute Gasteiger partial charge is 0.486 e. The van der Waals surface area contributed by atoms with E-state index in [2.05, 4.69) is 0 Å². The van der Waals surface area contributed by atoms with Crippen LogP contribution in [0.15, 0.2) is 29.1 Å². The summed E-state index contributed by atoms with van der Waals surface area (Å²) in [5.74, 6) is 0.567. The van der Waals surface area contributed by atoms with E-state index in [1.165, 1.54) is 11.3 Å². The number of likely N-dealkylation sites (tertiary alicyclic amines) is 1. The Kier molecular flexibility index (Phi) is 3.89. The van der Waals surface area contributed by atoms with Gasteiger partial charge in [-0.1, -0.05) is 11.6 Å². The minimum absolute atomic E-state index is 0.00650. The van der Waals surface area contributed by atoms with E-state index < -0.39 is 0 Å². The fourth-order valence-electron chi connectivity index (χ4n) is 3.01. The van der Waals surface area contributed by atoms with Crippen molar-refractivity contribution >= 4 is 28.8 Å². The summed E-state index contributed by atoms with van der Waals surface area (Å²) in [6.07, 6.45) is 2.08. The first kappa shape index (κ1) is 15.7. The number of ether oxygens (including phenoxy) is 1. The van der Waals surface area contributed by atoms with Crippen molar-refractivity contribution in [2.24, 2.45) is 0 Å². The fourth-order valence-corrected chi connectivity index (χ4v) is 4.02. The van der Waals surface area contributed by atoms with Crippen molar-refractivity contribution in [2.45, 2.75) is 31.9 Å². The van der Waals surface area contributed by atoms with Crippen LogP contribution < -0.4 is 10.3 Å². The summed E-state index contributed by atoms with van der Waals surface area (Å²) in [7, 11) is 0. The maximum Gasteiger partial charge on any atom is 0.264 e. The molecule has 3 heterocycles. The number of halogens is 1. The van der Waals surface area contributed by atoms with Crippen LogP contribution in [0.4, 0.5) is 0 Å². The van der Waals surface area contributed by atoms with Crippen LogP contribution in [0.5, 0.6) is 5.75 Å². The summed E-state index contributed by atoms with van der Waals surface area (Å²) in [6, 6.07) is 7.29. The summed E-state index contributed by atoms with van der Waals surface area (Å²) in [5, 5.41) is 0. The molecule has 1 aliphatic carbocycles. The van der Waals surface area contributed by atoms with Gasteiger partial charge in [-0.3, -0.25) is 9.59 Å². The van der Waals surface area contributed by atoms with Gasteiger partial charge in [0.2, 0.25) is 0 Å². The van der Waals surface area contributed by atoms with Gasteiger partial charge in [0.15, 0.2) is 0 Å². The molecule has 0 N–H and O–H groups in total. The van der Waals surface area contributed by atoms with Gasteiger partial charge in [0.25, 0.3) is 11.5 Å². The zero-order chi connectivity index (χ0) is 16.8. The summed E-state index contributed by atoms with van der Waals surface area (Å²) >= 11 is 7.15. The van der Waals surface area contributed by atoms with Crippen molar-refractivity contribution in [3.05, 3.63) is 49.5 Å². The number of amides is 1. The molecule has 1 amide bonds. The number of nitrogens with zero attached hydrogens (tertiary/aromatic N) is 2. The highest BCUT2D eigenvalue weighted by molar-refractivity contribution is 7.17. The summed E-state index contributed by atoms with van der Waals surface area (Å²) in [4.78, 5) is 26.8. The van der Waals surface area contributed by atoms with Gasteiger partial charge in [-0.2, -0.15) is 0 Å². The normalized spacial score (nSPS) is 17.7. The van der Waals surface area contributed by atoms with E-state index >= 15 is 0 Å². The Bertz CT molecular complexity index is 850. The lowest BCUT2D eigenvalue weighted by atomic mass is 10.1. The number of rotatable bonds is 4. The maximum atomic E-state index is 12.2. The van der Waals surface area contributed by atoms with Crippen LogP contribution in [0.2, 0.25) is 4.34 Å². The van der Waals surface area contributed by atoms with Crippen molar-refractivity contribution in [1.82, 2.24) is 9.47 Å². The molecule has 1 saturated heterocycles. The number of carbonyl (C=O) groups is 1. The Morgan fingerprint density at radius 2 is 2.04 bits per heavy atom. The number of aryl methyl sites for hydroxylation is 1. The zero-order valence-electron chi connectivity index (χ0n) is 13.2. The number of carbonyl (C=O) groups excluding carboxylic acids is 1. The highest BCUT2D eigenvalue weighted by Crippen LogP contribution is 2.35. The monoisotopic (exact) mass is 364 g/mol. The second-order valence-corrected chi connectivity index (χ2v) is 8.04. The Morgan fingerprint density at radius 1 is 1.29 bits per heavy atom. The van der Waals surface area contributed by atoms with Crippen molar-refractivity contribution in [2.75, 3.05) is 13.1 Å². The third-order valence-electron chi connectivity index (χ3n) is 4.37. The molecule has 0 bridgehead atoms. The van der Waals surface area contributed by atoms with E-state index in [0.29, 0.717) is 34.1 Å². The van der Waals surface area contributed by atoms with Crippen molar-refractivity contribution in [3.63, 3.8) is 0 Å². The number of thiophene rings is 1. The van der Waals surface area contributed by atoms with Crippen molar-refractivity contribution in [3.8, 4) is 5.75 Å². The minimum Gasteiger partial charge on any atom is -0.486 e. The lowest BCUT2D eigenvalue weighted by Gasteiger charge is -2.38. The molecule has 0 spiro atoms. The van der Waals surface area contributed by atoms with E-state index in [4.69, 9.17) is 16.3 Å². The van der Waals surface area contributed by atoms with Gasteiger partial charge in [0.1, 0.15) is 11.9 Å². The van der Waals surface area contributed by atoms with Crippen LogP contribution in [-0.4, -0.2) is 34.6 Å². The first-order chi connectivity index (χ1) is 11.5. The molecule has 0 atom stereocenters. The van der Waals surface area contributed by atoms with E-state index in [0.717, 1.165) is 18.5 Å². The lowest BCUT2D eigenvalue weighted by Crippen LogP contribution is -2.56. The minimum atomic E-state index is -0.0695. The van der Waals surface area contributed by atoms with Crippen LogP contribution in [0.1, 0.15) is 34.2 Å². The Labute approximate surface area is 148 Å². The molecule has 0 unspecified atom stereocenters. The van der Waals surface area contributed by atoms with Crippen LogP contribution in [0.25, 0.3) is 0 Å². The predicted octanol–water partition coefficient (Wildman–Crippen LogP) is 3.11. The van der Waals surface area contributed by atoms with Crippen molar-refractivity contribution in [1.29, 1.82) is 0 Å². The molecule has 2 aromatic rings. The molecular weight excluding hydrogens is 348 g/mol. The van der Waals surface area contributed by atoms with E-state index in [1.54, 1.807) is 23.1 Å². The van der Waals surface area contributed by atoms with Crippen molar-refractivity contribution < 1.29 is 9.53 Å². The molecule has 2 aromatic heterocycles. The van der Waals surface area contributed by atoms with Crippen LogP contribution in [-0.2, 0) is 0 Å². The standard InChI is InChI=1S/C17H17ClN2O3S/c1-10-6-12(7-16(21)20(10)11-2-3-11)23-13-8-19(9-13)17(22)14-4-5-15(18)24-14/h4-7,11,13H,2-3,8-9H2,1H3. The van der Waals surface area contributed by atoms with Crippen LogP contribution in [0, 0.1) is 6.92 Å². The summed E-state index contributed by atoms with van der Waals surface area (Å²) in [5.41, 5.74) is 0.925. The number of hydrogen-bond donors (Lipinski definition) is 0. The Balaban J connectivity index is 1.38. The fraction of sp³-hybridized carbons (Fsp3) is 0.412. The smallest absolute Gasteiger partial charge is 0.264 e. The zero-order valence-corrected chi connectivity index (χ0v) is 14.8. The molecule has 126 valence electrons. The lowest BCUT2D eigenvalue weighted by molar-refractivity contribution is 0.0180. The molecule has 0 radical (unpaired) electrons. The molecule has 5 nitrogen and oxygen atoms in total. The van der Waals surface area contributed by atoms with Gasteiger partial charge < -0.3 is 14.2 Å². The second-order valence-electron chi connectivity index (χ2n) is 6.33. The molecule has 2 fully saturated rings. The van der Waals surface area contributed by atoms with Gasteiger partial charge in [0, 0.05) is 17.8 Å².